The Morgan fingerprint density at radius 3 is 2.80 bits per heavy atom. The van der Waals surface area contributed by atoms with Gasteiger partial charge in [-0.05, 0) is 37.7 Å². The second kappa shape index (κ2) is 7.65. The molecular weight excluding hydrogens is 320 g/mol. The molecule has 2 aliphatic heterocycles. The van der Waals surface area contributed by atoms with E-state index in [1.165, 1.54) is 0 Å². The molecule has 0 radical (unpaired) electrons. The second-order valence-corrected chi connectivity index (χ2v) is 7.21. The zero-order valence-electron chi connectivity index (χ0n) is 15.1. The lowest BCUT2D eigenvalue weighted by Crippen LogP contribution is -2.31. The first kappa shape index (κ1) is 18.1. The molecule has 3 atom stereocenters. The maximum Gasteiger partial charge on any atom is 0.347 e. The van der Waals surface area contributed by atoms with E-state index < -0.39 is 11.2 Å². The molecular formula is C20H28O5. The SMILES string of the molecule is CCCC1(c2c(O)cc(C(CC)CC3CCOC3)oc2=O)CC=CO1. The minimum Gasteiger partial charge on any atom is -0.507 e. The summed E-state index contributed by atoms with van der Waals surface area (Å²) in [7, 11) is 0. The lowest BCUT2D eigenvalue weighted by Gasteiger charge is -2.28. The van der Waals surface area contributed by atoms with Gasteiger partial charge in [0.1, 0.15) is 22.7 Å². The largest absolute Gasteiger partial charge is 0.507 e. The first-order chi connectivity index (χ1) is 12.1. The van der Waals surface area contributed by atoms with E-state index in [-0.39, 0.29) is 17.2 Å². The van der Waals surface area contributed by atoms with Crippen molar-refractivity contribution in [1.29, 1.82) is 0 Å². The molecule has 0 aliphatic carbocycles. The lowest BCUT2D eigenvalue weighted by molar-refractivity contribution is 0.0256. The van der Waals surface area contributed by atoms with Gasteiger partial charge < -0.3 is 19.0 Å². The molecule has 0 saturated carbocycles. The van der Waals surface area contributed by atoms with E-state index in [4.69, 9.17) is 13.9 Å². The van der Waals surface area contributed by atoms with Crippen LogP contribution in [0.5, 0.6) is 5.75 Å². The van der Waals surface area contributed by atoms with Crippen molar-refractivity contribution < 1.29 is 19.0 Å². The average Bonchev–Trinajstić information content (AvgIpc) is 3.24. The van der Waals surface area contributed by atoms with Gasteiger partial charge in [0.05, 0.1) is 6.26 Å². The van der Waals surface area contributed by atoms with Gasteiger partial charge in [-0.15, -0.1) is 0 Å². The Labute approximate surface area is 148 Å². The quantitative estimate of drug-likeness (QED) is 0.800. The molecule has 1 saturated heterocycles. The van der Waals surface area contributed by atoms with Crippen LogP contribution in [-0.2, 0) is 15.1 Å². The molecule has 1 fully saturated rings. The van der Waals surface area contributed by atoms with Crippen LogP contribution in [0.2, 0.25) is 0 Å². The Kier molecular flexibility index (Phi) is 5.52. The van der Waals surface area contributed by atoms with Crippen LogP contribution in [0, 0.1) is 5.92 Å². The van der Waals surface area contributed by atoms with Crippen LogP contribution >= 0.6 is 0 Å². The molecule has 5 nitrogen and oxygen atoms in total. The topological polar surface area (TPSA) is 68.9 Å². The molecule has 3 rings (SSSR count). The van der Waals surface area contributed by atoms with Gasteiger partial charge >= 0.3 is 5.63 Å². The second-order valence-electron chi connectivity index (χ2n) is 7.21. The minimum absolute atomic E-state index is 0.00970. The van der Waals surface area contributed by atoms with Gasteiger partial charge in [0.15, 0.2) is 0 Å². The van der Waals surface area contributed by atoms with Crippen LogP contribution in [0.15, 0.2) is 27.6 Å². The summed E-state index contributed by atoms with van der Waals surface area (Å²) < 4.78 is 16.9. The Morgan fingerprint density at radius 2 is 2.24 bits per heavy atom. The van der Waals surface area contributed by atoms with Crippen molar-refractivity contribution in [3.63, 3.8) is 0 Å². The number of hydrogen-bond acceptors (Lipinski definition) is 5. The first-order valence-corrected chi connectivity index (χ1v) is 9.37. The average molecular weight is 348 g/mol. The third-order valence-corrected chi connectivity index (χ3v) is 5.43. The Morgan fingerprint density at radius 1 is 1.40 bits per heavy atom. The molecule has 0 bridgehead atoms. The van der Waals surface area contributed by atoms with E-state index in [0.29, 0.717) is 24.5 Å². The Bertz CT molecular complexity index is 661. The van der Waals surface area contributed by atoms with Crippen molar-refractivity contribution in [3.05, 3.63) is 40.1 Å². The summed E-state index contributed by atoms with van der Waals surface area (Å²) in [5, 5.41) is 10.6. The van der Waals surface area contributed by atoms with Crippen LogP contribution in [0.3, 0.4) is 0 Å². The lowest BCUT2D eigenvalue weighted by atomic mass is 9.86. The monoisotopic (exact) mass is 348 g/mol. The summed E-state index contributed by atoms with van der Waals surface area (Å²) in [4.78, 5) is 12.7. The molecule has 1 aromatic rings. The molecule has 2 aliphatic rings. The Hall–Kier alpha value is -1.75. The molecule has 5 heteroatoms. The van der Waals surface area contributed by atoms with E-state index in [2.05, 4.69) is 6.92 Å². The molecule has 1 N–H and O–H groups in total. The van der Waals surface area contributed by atoms with Crippen LogP contribution in [0.4, 0.5) is 0 Å². The molecule has 25 heavy (non-hydrogen) atoms. The van der Waals surface area contributed by atoms with Crippen molar-refractivity contribution in [1.82, 2.24) is 0 Å². The smallest absolute Gasteiger partial charge is 0.347 e. The predicted molar refractivity (Wildman–Crippen MR) is 94.6 cm³/mol. The normalized spacial score (nSPS) is 26.7. The van der Waals surface area contributed by atoms with Crippen molar-refractivity contribution in [2.45, 2.75) is 63.9 Å². The highest BCUT2D eigenvalue weighted by molar-refractivity contribution is 5.37. The summed E-state index contributed by atoms with van der Waals surface area (Å²) in [6.45, 7) is 5.68. The summed E-state index contributed by atoms with van der Waals surface area (Å²) in [5.74, 6) is 1.16. The fraction of sp³-hybridized carbons (Fsp3) is 0.650. The van der Waals surface area contributed by atoms with Crippen molar-refractivity contribution in [2.24, 2.45) is 5.92 Å². The van der Waals surface area contributed by atoms with E-state index in [1.807, 2.05) is 13.0 Å². The predicted octanol–water partition coefficient (Wildman–Crippen LogP) is 4.20. The van der Waals surface area contributed by atoms with Crippen molar-refractivity contribution in [3.8, 4) is 5.75 Å². The van der Waals surface area contributed by atoms with Gasteiger partial charge in [-0.1, -0.05) is 20.3 Å². The van der Waals surface area contributed by atoms with Gasteiger partial charge in [0.25, 0.3) is 0 Å². The molecule has 3 heterocycles. The van der Waals surface area contributed by atoms with Gasteiger partial charge in [-0.25, -0.2) is 4.79 Å². The zero-order chi connectivity index (χ0) is 17.9. The van der Waals surface area contributed by atoms with Gasteiger partial charge in [0.2, 0.25) is 0 Å². The molecule has 1 aromatic heterocycles. The molecule has 0 amide bonds. The molecule has 0 aromatic carbocycles. The van der Waals surface area contributed by atoms with E-state index in [9.17, 15) is 9.90 Å². The van der Waals surface area contributed by atoms with Gasteiger partial charge in [-0.3, -0.25) is 0 Å². The van der Waals surface area contributed by atoms with E-state index in [0.717, 1.165) is 38.9 Å². The fourth-order valence-corrected chi connectivity index (χ4v) is 4.09. The first-order valence-electron chi connectivity index (χ1n) is 9.37. The summed E-state index contributed by atoms with van der Waals surface area (Å²) in [6, 6.07) is 1.62. The van der Waals surface area contributed by atoms with Crippen molar-refractivity contribution in [2.75, 3.05) is 13.2 Å². The number of hydrogen-bond donors (Lipinski definition) is 1. The maximum atomic E-state index is 12.7. The molecule has 0 spiro atoms. The van der Waals surface area contributed by atoms with Crippen LogP contribution in [-0.4, -0.2) is 18.3 Å². The third-order valence-electron chi connectivity index (χ3n) is 5.43. The summed E-state index contributed by atoms with van der Waals surface area (Å²) in [5.41, 5.74) is -1.02. The minimum atomic E-state index is -0.793. The Balaban J connectivity index is 1.90. The van der Waals surface area contributed by atoms with Crippen LogP contribution in [0.25, 0.3) is 0 Å². The standard InChI is InChI=1S/C20H28O5/c1-3-7-20(8-5-9-24-20)18-16(21)12-17(25-19(18)22)15(4-2)11-14-6-10-23-13-14/h5,9,12,14-15,21H,3-4,6-8,10-11,13H2,1-2H3. The number of rotatable bonds is 7. The molecule has 138 valence electrons. The maximum absolute atomic E-state index is 12.7. The fourth-order valence-electron chi connectivity index (χ4n) is 4.09. The number of aromatic hydroxyl groups is 1. The highest BCUT2D eigenvalue weighted by Gasteiger charge is 2.40. The van der Waals surface area contributed by atoms with Crippen LogP contribution < -0.4 is 5.63 Å². The molecule has 3 unspecified atom stereocenters. The van der Waals surface area contributed by atoms with Gasteiger partial charge in [-0.2, -0.15) is 0 Å². The summed E-state index contributed by atoms with van der Waals surface area (Å²) >= 11 is 0. The highest BCUT2D eigenvalue weighted by atomic mass is 16.5. The number of ether oxygens (including phenoxy) is 2. The van der Waals surface area contributed by atoms with E-state index >= 15 is 0 Å². The van der Waals surface area contributed by atoms with Crippen molar-refractivity contribution >= 4 is 0 Å². The zero-order valence-corrected chi connectivity index (χ0v) is 15.1. The summed E-state index contributed by atoms with van der Waals surface area (Å²) in [6.07, 6.45) is 8.40. The van der Waals surface area contributed by atoms with Gasteiger partial charge in [0, 0.05) is 31.6 Å². The van der Waals surface area contributed by atoms with E-state index in [1.54, 1.807) is 12.3 Å². The third kappa shape index (κ3) is 3.61. The van der Waals surface area contributed by atoms with Crippen LogP contribution in [0.1, 0.15) is 69.6 Å². The highest BCUT2D eigenvalue weighted by Crippen LogP contribution is 2.42.